The highest BCUT2D eigenvalue weighted by Crippen LogP contribution is 1.97. The van der Waals surface area contributed by atoms with Crippen molar-refractivity contribution in [3.8, 4) is 0 Å². The SMILES string of the molecule is CNC(C)CCCOC(C)C. The smallest absolute Gasteiger partial charge is 0.0518 e. The van der Waals surface area contributed by atoms with Crippen molar-refractivity contribution in [2.45, 2.75) is 45.8 Å². The van der Waals surface area contributed by atoms with Crippen molar-refractivity contribution >= 4 is 0 Å². The molecule has 0 radical (unpaired) electrons. The summed E-state index contributed by atoms with van der Waals surface area (Å²) in [5, 5.41) is 3.20. The molecule has 0 spiro atoms. The van der Waals surface area contributed by atoms with Crippen LogP contribution in [0.15, 0.2) is 0 Å². The fourth-order valence-electron chi connectivity index (χ4n) is 0.853. The Morgan fingerprint density at radius 1 is 1.27 bits per heavy atom. The Bertz CT molecular complexity index is 83.6. The molecular formula is C9H21NO. The zero-order chi connectivity index (χ0) is 8.69. The van der Waals surface area contributed by atoms with E-state index in [0.29, 0.717) is 12.1 Å². The monoisotopic (exact) mass is 159 g/mol. The summed E-state index contributed by atoms with van der Waals surface area (Å²) in [5.41, 5.74) is 0. The van der Waals surface area contributed by atoms with Crippen LogP contribution in [0.4, 0.5) is 0 Å². The van der Waals surface area contributed by atoms with E-state index in [-0.39, 0.29) is 0 Å². The van der Waals surface area contributed by atoms with Crippen molar-refractivity contribution in [1.29, 1.82) is 0 Å². The lowest BCUT2D eigenvalue weighted by Crippen LogP contribution is -2.21. The molecule has 0 heterocycles. The van der Waals surface area contributed by atoms with Crippen molar-refractivity contribution in [3.63, 3.8) is 0 Å². The highest BCUT2D eigenvalue weighted by Gasteiger charge is 1.97. The summed E-state index contributed by atoms with van der Waals surface area (Å²) in [4.78, 5) is 0. The van der Waals surface area contributed by atoms with E-state index >= 15 is 0 Å². The second-order valence-corrected chi connectivity index (χ2v) is 3.25. The van der Waals surface area contributed by atoms with Crippen LogP contribution in [0.1, 0.15) is 33.6 Å². The molecule has 0 saturated heterocycles. The van der Waals surface area contributed by atoms with Crippen LogP contribution in [0.5, 0.6) is 0 Å². The standard InChI is InChI=1S/C9H21NO/c1-8(2)11-7-5-6-9(3)10-4/h8-10H,5-7H2,1-4H3. The van der Waals surface area contributed by atoms with E-state index < -0.39 is 0 Å². The molecule has 0 bridgehead atoms. The van der Waals surface area contributed by atoms with E-state index in [9.17, 15) is 0 Å². The molecule has 1 unspecified atom stereocenters. The molecule has 1 atom stereocenters. The van der Waals surface area contributed by atoms with Gasteiger partial charge < -0.3 is 10.1 Å². The second-order valence-electron chi connectivity index (χ2n) is 3.25. The predicted octanol–water partition coefficient (Wildman–Crippen LogP) is 1.80. The molecule has 0 aromatic rings. The fraction of sp³-hybridized carbons (Fsp3) is 1.00. The minimum Gasteiger partial charge on any atom is -0.379 e. The van der Waals surface area contributed by atoms with Crippen LogP contribution >= 0.6 is 0 Å². The molecule has 0 fully saturated rings. The van der Waals surface area contributed by atoms with Gasteiger partial charge in [0.2, 0.25) is 0 Å². The van der Waals surface area contributed by atoms with Gasteiger partial charge in [0.15, 0.2) is 0 Å². The first kappa shape index (κ1) is 10.9. The first-order valence-corrected chi connectivity index (χ1v) is 4.45. The summed E-state index contributed by atoms with van der Waals surface area (Å²) < 4.78 is 5.41. The average molecular weight is 159 g/mol. The molecule has 1 N–H and O–H groups in total. The van der Waals surface area contributed by atoms with Crippen molar-refractivity contribution in [2.24, 2.45) is 0 Å². The van der Waals surface area contributed by atoms with Crippen molar-refractivity contribution < 1.29 is 4.74 Å². The van der Waals surface area contributed by atoms with Gasteiger partial charge in [-0.15, -0.1) is 0 Å². The Labute approximate surface area is 70.3 Å². The van der Waals surface area contributed by atoms with Crippen LogP contribution in [0, 0.1) is 0 Å². The van der Waals surface area contributed by atoms with E-state index in [2.05, 4.69) is 26.1 Å². The number of rotatable bonds is 6. The number of hydrogen-bond acceptors (Lipinski definition) is 2. The maximum absolute atomic E-state index is 5.41. The largest absolute Gasteiger partial charge is 0.379 e. The van der Waals surface area contributed by atoms with E-state index in [0.717, 1.165) is 13.0 Å². The van der Waals surface area contributed by atoms with Gasteiger partial charge in [-0.1, -0.05) is 0 Å². The Hall–Kier alpha value is -0.0800. The van der Waals surface area contributed by atoms with Gasteiger partial charge in [0.25, 0.3) is 0 Å². The Balaban J connectivity index is 3.01. The number of hydrogen-bond donors (Lipinski definition) is 1. The van der Waals surface area contributed by atoms with Crippen LogP contribution in [-0.2, 0) is 4.74 Å². The molecular weight excluding hydrogens is 138 g/mol. The summed E-state index contributed by atoms with van der Waals surface area (Å²) in [6.07, 6.45) is 2.73. The maximum Gasteiger partial charge on any atom is 0.0518 e. The summed E-state index contributed by atoms with van der Waals surface area (Å²) >= 11 is 0. The molecule has 0 saturated carbocycles. The summed E-state index contributed by atoms with van der Waals surface area (Å²) in [6.45, 7) is 7.22. The summed E-state index contributed by atoms with van der Waals surface area (Å²) in [7, 11) is 1.99. The molecule has 0 aromatic heterocycles. The fourth-order valence-corrected chi connectivity index (χ4v) is 0.853. The normalized spacial score (nSPS) is 13.9. The summed E-state index contributed by atoms with van der Waals surface area (Å²) in [6, 6.07) is 0.616. The second kappa shape index (κ2) is 6.62. The topological polar surface area (TPSA) is 21.3 Å². The molecule has 0 amide bonds. The Kier molecular flexibility index (Phi) is 6.57. The van der Waals surface area contributed by atoms with Gasteiger partial charge in [0, 0.05) is 12.6 Å². The van der Waals surface area contributed by atoms with E-state index in [4.69, 9.17) is 4.74 Å². The quantitative estimate of drug-likeness (QED) is 0.597. The molecule has 0 aliphatic rings. The van der Waals surface area contributed by atoms with Crippen molar-refractivity contribution in [3.05, 3.63) is 0 Å². The van der Waals surface area contributed by atoms with Gasteiger partial charge in [0.05, 0.1) is 6.10 Å². The van der Waals surface area contributed by atoms with Crippen LogP contribution in [0.25, 0.3) is 0 Å². The van der Waals surface area contributed by atoms with Crippen LogP contribution in [0.2, 0.25) is 0 Å². The van der Waals surface area contributed by atoms with Gasteiger partial charge in [-0.3, -0.25) is 0 Å². The van der Waals surface area contributed by atoms with Crippen molar-refractivity contribution in [2.75, 3.05) is 13.7 Å². The molecule has 0 aliphatic heterocycles. The highest BCUT2D eigenvalue weighted by atomic mass is 16.5. The minimum absolute atomic E-state index is 0.375. The average Bonchev–Trinajstić information content (AvgIpc) is 1.97. The molecule has 68 valence electrons. The first-order valence-electron chi connectivity index (χ1n) is 4.45. The Morgan fingerprint density at radius 3 is 2.36 bits per heavy atom. The molecule has 0 rings (SSSR count). The Morgan fingerprint density at radius 2 is 1.91 bits per heavy atom. The van der Waals surface area contributed by atoms with E-state index in [1.165, 1.54) is 6.42 Å². The predicted molar refractivity (Wildman–Crippen MR) is 48.8 cm³/mol. The third-order valence-corrected chi connectivity index (χ3v) is 1.73. The first-order chi connectivity index (χ1) is 5.16. The molecule has 11 heavy (non-hydrogen) atoms. The summed E-state index contributed by atoms with van der Waals surface area (Å²) in [5.74, 6) is 0. The van der Waals surface area contributed by atoms with Crippen LogP contribution in [0.3, 0.4) is 0 Å². The zero-order valence-corrected chi connectivity index (χ0v) is 8.18. The molecule has 0 aliphatic carbocycles. The third-order valence-electron chi connectivity index (χ3n) is 1.73. The molecule has 2 nitrogen and oxygen atoms in total. The van der Waals surface area contributed by atoms with E-state index in [1.54, 1.807) is 0 Å². The zero-order valence-electron chi connectivity index (χ0n) is 8.18. The lowest BCUT2D eigenvalue weighted by Gasteiger charge is -2.10. The van der Waals surface area contributed by atoms with Gasteiger partial charge in [0.1, 0.15) is 0 Å². The van der Waals surface area contributed by atoms with E-state index in [1.807, 2.05) is 7.05 Å². The van der Waals surface area contributed by atoms with Gasteiger partial charge in [-0.05, 0) is 40.7 Å². The van der Waals surface area contributed by atoms with Crippen LogP contribution < -0.4 is 5.32 Å². The van der Waals surface area contributed by atoms with Gasteiger partial charge in [-0.25, -0.2) is 0 Å². The van der Waals surface area contributed by atoms with Crippen molar-refractivity contribution in [1.82, 2.24) is 5.32 Å². The maximum atomic E-state index is 5.41. The minimum atomic E-state index is 0.375. The highest BCUT2D eigenvalue weighted by molar-refractivity contribution is 4.55. The number of ether oxygens (including phenoxy) is 1. The molecule has 2 heteroatoms. The van der Waals surface area contributed by atoms with Gasteiger partial charge >= 0.3 is 0 Å². The lowest BCUT2D eigenvalue weighted by molar-refractivity contribution is 0.0749. The third kappa shape index (κ3) is 7.82. The lowest BCUT2D eigenvalue weighted by atomic mass is 10.2. The van der Waals surface area contributed by atoms with Crippen LogP contribution in [-0.4, -0.2) is 25.8 Å². The molecule has 0 aromatic carbocycles. The van der Waals surface area contributed by atoms with Gasteiger partial charge in [-0.2, -0.15) is 0 Å². The number of nitrogens with one attached hydrogen (secondary N) is 1.